The molecular formula is C22H28F2IN3O3. The molecule has 9 heteroatoms. The molecular weight excluding hydrogens is 519 g/mol. The predicted octanol–water partition coefficient (Wildman–Crippen LogP) is 4.06. The third-order valence-electron chi connectivity index (χ3n) is 4.86. The molecule has 0 aromatic heterocycles. The summed E-state index contributed by atoms with van der Waals surface area (Å²) in [5.74, 6) is 1.90. The lowest BCUT2D eigenvalue weighted by molar-refractivity contribution is -0.0498. The topological polar surface area (TPSA) is 75.1 Å². The van der Waals surface area contributed by atoms with Crippen molar-refractivity contribution in [2.75, 3.05) is 26.2 Å². The van der Waals surface area contributed by atoms with Gasteiger partial charge in [0.2, 0.25) is 0 Å². The smallest absolute Gasteiger partial charge is 0.387 e. The number of nitrogens with zero attached hydrogens (tertiary/aromatic N) is 1. The van der Waals surface area contributed by atoms with Crippen molar-refractivity contribution in [1.29, 1.82) is 0 Å². The molecule has 0 saturated carbocycles. The van der Waals surface area contributed by atoms with E-state index < -0.39 is 12.7 Å². The van der Waals surface area contributed by atoms with Crippen molar-refractivity contribution >= 4 is 29.9 Å². The van der Waals surface area contributed by atoms with Crippen LogP contribution in [0.5, 0.6) is 11.5 Å². The summed E-state index contributed by atoms with van der Waals surface area (Å²) in [5.41, 5.74) is 1.76. The van der Waals surface area contributed by atoms with Crippen molar-refractivity contribution in [2.45, 2.75) is 32.0 Å². The molecule has 6 nitrogen and oxygen atoms in total. The van der Waals surface area contributed by atoms with E-state index >= 15 is 0 Å². The van der Waals surface area contributed by atoms with Crippen LogP contribution in [0.2, 0.25) is 0 Å². The molecule has 31 heavy (non-hydrogen) atoms. The summed E-state index contributed by atoms with van der Waals surface area (Å²) in [6.07, 6.45) is 0.0591. The Morgan fingerprint density at radius 2 is 1.94 bits per heavy atom. The number of alkyl halides is 2. The number of aliphatic hydroxyl groups is 1. The van der Waals surface area contributed by atoms with Crippen molar-refractivity contribution < 1.29 is 23.4 Å². The summed E-state index contributed by atoms with van der Waals surface area (Å²) >= 11 is 0. The quantitative estimate of drug-likeness (QED) is 0.264. The minimum absolute atomic E-state index is 0. The second-order valence-corrected chi connectivity index (χ2v) is 6.94. The molecule has 2 aromatic carbocycles. The average Bonchev–Trinajstić information content (AvgIpc) is 2.75. The summed E-state index contributed by atoms with van der Waals surface area (Å²) < 4.78 is 34.5. The van der Waals surface area contributed by atoms with Gasteiger partial charge in [0.15, 0.2) is 5.96 Å². The fourth-order valence-electron chi connectivity index (χ4n) is 3.34. The molecule has 0 radical (unpaired) electrons. The zero-order valence-corrected chi connectivity index (χ0v) is 19.6. The van der Waals surface area contributed by atoms with Crippen molar-refractivity contribution in [1.82, 2.24) is 10.6 Å². The number of halogens is 3. The molecule has 0 amide bonds. The normalized spacial score (nSPS) is 16.5. The van der Waals surface area contributed by atoms with E-state index in [0.29, 0.717) is 37.1 Å². The molecule has 170 valence electrons. The standard InChI is InChI=1S/C22H27F2N3O3.HI/c1-2-25-22(26-13-16-11-12-29-20-6-4-3-5-18(16)20)27-14-19(28)15-7-9-17(10-8-15)30-21(23)24;/h3-10,16,19,21,28H,2,11-14H2,1H3,(H2,25,26,27);1H. The van der Waals surface area contributed by atoms with Crippen LogP contribution in [0, 0.1) is 0 Å². The Labute approximate surface area is 198 Å². The molecule has 2 aromatic rings. The highest BCUT2D eigenvalue weighted by atomic mass is 127. The van der Waals surface area contributed by atoms with Crippen LogP contribution in [0.4, 0.5) is 8.78 Å². The molecule has 0 spiro atoms. The van der Waals surface area contributed by atoms with E-state index in [1.165, 1.54) is 17.7 Å². The van der Waals surface area contributed by atoms with Gasteiger partial charge in [-0.15, -0.1) is 24.0 Å². The molecule has 0 saturated heterocycles. The van der Waals surface area contributed by atoms with Gasteiger partial charge in [0, 0.05) is 19.0 Å². The van der Waals surface area contributed by atoms with Crippen molar-refractivity contribution in [3.63, 3.8) is 0 Å². The van der Waals surface area contributed by atoms with Crippen LogP contribution in [0.25, 0.3) is 0 Å². The van der Waals surface area contributed by atoms with E-state index in [0.717, 1.165) is 12.2 Å². The molecule has 1 aliphatic heterocycles. The van der Waals surface area contributed by atoms with Crippen LogP contribution in [-0.4, -0.2) is 43.9 Å². The van der Waals surface area contributed by atoms with Gasteiger partial charge in [-0.3, -0.25) is 4.99 Å². The summed E-state index contributed by atoms with van der Waals surface area (Å²) in [7, 11) is 0. The second-order valence-electron chi connectivity index (χ2n) is 6.94. The first-order valence-electron chi connectivity index (χ1n) is 10.0. The average molecular weight is 547 g/mol. The first kappa shape index (κ1) is 25.1. The number of aliphatic hydroxyl groups excluding tert-OH is 1. The maximum absolute atomic E-state index is 12.2. The van der Waals surface area contributed by atoms with E-state index in [9.17, 15) is 13.9 Å². The Kier molecular flexibility index (Phi) is 10.3. The molecule has 2 unspecified atom stereocenters. The minimum atomic E-state index is -2.87. The van der Waals surface area contributed by atoms with Gasteiger partial charge in [-0.1, -0.05) is 30.3 Å². The van der Waals surface area contributed by atoms with Crippen LogP contribution in [0.15, 0.2) is 53.5 Å². The maximum Gasteiger partial charge on any atom is 0.387 e. The van der Waals surface area contributed by atoms with Crippen LogP contribution in [-0.2, 0) is 0 Å². The number of aliphatic imine (C=N–C) groups is 1. The fraction of sp³-hybridized carbons (Fsp3) is 0.409. The van der Waals surface area contributed by atoms with Crippen LogP contribution < -0.4 is 20.1 Å². The van der Waals surface area contributed by atoms with E-state index in [1.807, 2.05) is 25.1 Å². The van der Waals surface area contributed by atoms with Gasteiger partial charge < -0.3 is 25.2 Å². The van der Waals surface area contributed by atoms with Gasteiger partial charge in [-0.25, -0.2) is 0 Å². The summed E-state index contributed by atoms with van der Waals surface area (Å²) in [6.45, 7) is 1.30. The van der Waals surface area contributed by atoms with Crippen molar-refractivity contribution in [3.05, 3.63) is 59.7 Å². The third kappa shape index (κ3) is 7.49. The first-order chi connectivity index (χ1) is 14.6. The van der Waals surface area contributed by atoms with Crippen molar-refractivity contribution in [3.8, 4) is 11.5 Å². The van der Waals surface area contributed by atoms with Crippen molar-refractivity contribution in [2.24, 2.45) is 4.99 Å². The monoisotopic (exact) mass is 547 g/mol. The Morgan fingerprint density at radius 3 is 2.65 bits per heavy atom. The molecule has 1 aliphatic rings. The number of hydrogen-bond acceptors (Lipinski definition) is 4. The fourth-order valence-corrected chi connectivity index (χ4v) is 3.34. The molecule has 0 aliphatic carbocycles. The number of nitrogens with one attached hydrogen (secondary N) is 2. The summed E-state index contributed by atoms with van der Waals surface area (Å²) in [6, 6.07) is 13.9. The number of guanidine groups is 1. The molecule has 1 heterocycles. The second kappa shape index (κ2) is 12.7. The van der Waals surface area contributed by atoms with Gasteiger partial charge >= 0.3 is 6.61 Å². The Balaban J connectivity index is 0.00000341. The largest absolute Gasteiger partial charge is 0.493 e. The van der Waals surface area contributed by atoms with Crippen LogP contribution in [0.3, 0.4) is 0 Å². The number of rotatable bonds is 8. The number of hydrogen-bond donors (Lipinski definition) is 3. The number of fused-ring (bicyclic) bond motifs is 1. The van der Waals surface area contributed by atoms with Gasteiger partial charge in [0.05, 0.1) is 19.3 Å². The zero-order chi connectivity index (χ0) is 21.3. The van der Waals surface area contributed by atoms with E-state index in [1.54, 1.807) is 12.1 Å². The predicted molar refractivity (Wildman–Crippen MR) is 127 cm³/mol. The van der Waals surface area contributed by atoms with Gasteiger partial charge in [0.25, 0.3) is 0 Å². The molecule has 2 atom stereocenters. The van der Waals surface area contributed by atoms with Gasteiger partial charge in [-0.2, -0.15) is 8.78 Å². The molecule has 0 fully saturated rings. The minimum Gasteiger partial charge on any atom is -0.493 e. The van der Waals surface area contributed by atoms with E-state index in [4.69, 9.17) is 4.74 Å². The highest BCUT2D eigenvalue weighted by molar-refractivity contribution is 14.0. The molecule has 3 N–H and O–H groups in total. The Hall–Kier alpha value is -2.14. The first-order valence-corrected chi connectivity index (χ1v) is 10.0. The van der Waals surface area contributed by atoms with E-state index in [2.05, 4.69) is 26.4 Å². The van der Waals surface area contributed by atoms with Crippen LogP contribution in [0.1, 0.15) is 36.5 Å². The lowest BCUT2D eigenvalue weighted by Gasteiger charge is -2.26. The molecule has 3 rings (SSSR count). The SMILES string of the molecule is CCNC(=NCC(O)c1ccc(OC(F)F)cc1)NCC1CCOc2ccccc21.I. The summed E-state index contributed by atoms with van der Waals surface area (Å²) in [4.78, 5) is 4.46. The maximum atomic E-state index is 12.2. The number of para-hydroxylation sites is 1. The Morgan fingerprint density at radius 1 is 1.19 bits per heavy atom. The zero-order valence-electron chi connectivity index (χ0n) is 17.3. The van der Waals surface area contributed by atoms with Crippen LogP contribution >= 0.6 is 24.0 Å². The number of benzene rings is 2. The lowest BCUT2D eigenvalue weighted by atomic mass is 9.93. The highest BCUT2D eigenvalue weighted by Crippen LogP contribution is 2.32. The van der Waals surface area contributed by atoms with E-state index in [-0.39, 0.29) is 36.3 Å². The lowest BCUT2D eigenvalue weighted by Crippen LogP contribution is -2.40. The van der Waals surface area contributed by atoms with Gasteiger partial charge in [-0.05, 0) is 42.7 Å². The highest BCUT2D eigenvalue weighted by Gasteiger charge is 2.21. The third-order valence-corrected chi connectivity index (χ3v) is 4.86. The number of ether oxygens (including phenoxy) is 2. The Bertz CT molecular complexity index is 837. The van der Waals surface area contributed by atoms with Gasteiger partial charge in [0.1, 0.15) is 11.5 Å². The molecule has 0 bridgehead atoms. The summed E-state index contributed by atoms with van der Waals surface area (Å²) in [5, 5.41) is 16.9.